The molecule has 224 valence electrons. The number of phenols is 1. The van der Waals surface area contributed by atoms with E-state index in [4.69, 9.17) is 10.5 Å². The predicted molar refractivity (Wildman–Crippen MR) is 152 cm³/mol. The Kier molecular flexibility index (Phi) is 9.04. The van der Waals surface area contributed by atoms with E-state index < -0.39 is 53.5 Å². The van der Waals surface area contributed by atoms with Gasteiger partial charge in [-0.3, -0.25) is 4.79 Å². The third-order valence-corrected chi connectivity index (χ3v) is 8.16. The van der Waals surface area contributed by atoms with E-state index >= 15 is 0 Å². The second kappa shape index (κ2) is 11.6. The van der Waals surface area contributed by atoms with Gasteiger partial charge >= 0.3 is 12.0 Å². The maximum absolute atomic E-state index is 13.1. The van der Waals surface area contributed by atoms with Crippen LogP contribution in [-0.4, -0.2) is 98.7 Å². The fourth-order valence-electron chi connectivity index (χ4n) is 5.85. The van der Waals surface area contributed by atoms with Crippen LogP contribution in [-0.2, 0) is 4.74 Å². The van der Waals surface area contributed by atoms with Crippen molar-refractivity contribution in [1.82, 2.24) is 10.2 Å². The van der Waals surface area contributed by atoms with Gasteiger partial charge in [-0.25, -0.2) is 9.59 Å². The van der Waals surface area contributed by atoms with Crippen LogP contribution in [0.25, 0.3) is 0 Å². The number of nitrogens with zero attached hydrogens (tertiary/aromatic N) is 1. The van der Waals surface area contributed by atoms with Gasteiger partial charge in [0.25, 0.3) is 0 Å². The highest BCUT2D eigenvalue weighted by molar-refractivity contribution is 5.95. The Morgan fingerprint density at radius 3 is 2.32 bits per heavy atom. The molecule has 1 aliphatic carbocycles. The molecule has 2 aromatic rings. The number of nitrogens with one attached hydrogen (secondary N) is 2. The summed E-state index contributed by atoms with van der Waals surface area (Å²) < 4.78 is 5.51. The summed E-state index contributed by atoms with van der Waals surface area (Å²) in [6, 6.07) is 7.41. The number of phenolic OH excluding ortho intramolecular Hbond substituents is 1. The number of ketones is 1. The van der Waals surface area contributed by atoms with Crippen molar-refractivity contribution < 1.29 is 39.5 Å². The monoisotopic (exact) mass is 572 g/mol. The molecule has 0 unspecified atom stereocenters. The molecule has 1 fully saturated rings. The summed E-state index contributed by atoms with van der Waals surface area (Å²) in [4.78, 5) is 39.3. The van der Waals surface area contributed by atoms with E-state index in [1.54, 1.807) is 37.3 Å². The summed E-state index contributed by atoms with van der Waals surface area (Å²) in [6.45, 7) is 5.01. The maximum Gasteiger partial charge on any atom is 0.342 e. The Balaban J connectivity index is 2.18. The first kappa shape index (κ1) is 31.8. The summed E-state index contributed by atoms with van der Waals surface area (Å²) in [5.74, 6) is -1.51. The Morgan fingerprint density at radius 1 is 1.15 bits per heavy atom. The number of esters is 1. The van der Waals surface area contributed by atoms with Gasteiger partial charge in [-0.1, -0.05) is 31.2 Å². The summed E-state index contributed by atoms with van der Waals surface area (Å²) in [5.41, 5.74) is 0.883. The van der Waals surface area contributed by atoms with Gasteiger partial charge in [-0.05, 0) is 51.0 Å². The number of ether oxygens (including phenoxy) is 1. The molecule has 3 rings (SSSR count). The van der Waals surface area contributed by atoms with E-state index in [2.05, 4.69) is 10.6 Å². The van der Waals surface area contributed by atoms with Crippen molar-refractivity contribution in [2.75, 3.05) is 26.0 Å². The number of aryl methyl sites for hydroxylation is 1. The number of rotatable bonds is 9. The molecule has 41 heavy (non-hydrogen) atoms. The zero-order chi connectivity index (χ0) is 30.9. The Bertz CT molecular complexity index is 1300. The van der Waals surface area contributed by atoms with Crippen LogP contribution in [0.2, 0.25) is 0 Å². The molecule has 1 aliphatic rings. The van der Waals surface area contributed by atoms with Crippen molar-refractivity contribution in [2.24, 2.45) is 5.73 Å². The lowest BCUT2D eigenvalue weighted by Crippen LogP contribution is -2.77. The molecule has 0 heterocycles. The number of hydrogen-bond donors (Lipinski definition) is 7. The zero-order valence-electron chi connectivity index (χ0n) is 24.1. The highest BCUT2D eigenvalue weighted by Crippen LogP contribution is 2.51. The molecule has 12 heteroatoms. The number of carbonyl (C=O) groups is 3. The molecule has 6 atom stereocenters. The molecule has 2 amide bonds. The van der Waals surface area contributed by atoms with Crippen LogP contribution in [0.4, 0.5) is 10.5 Å². The van der Waals surface area contributed by atoms with E-state index in [1.165, 1.54) is 51.9 Å². The van der Waals surface area contributed by atoms with E-state index in [1.807, 2.05) is 0 Å². The van der Waals surface area contributed by atoms with Gasteiger partial charge in [-0.2, -0.15) is 0 Å². The fraction of sp³-hybridized carbons (Fsp3) is 0.483. The van der Waals surface area contributed by atoms with Crippen molar-refractivity contribution in [3.8, 4) is 5.75 Å². The summed E-state index contributed by atoms with van der Waals surface area (Å²) >= 11 is 0. The molecule has 0 radical (unpaired) electrons. The average molecular weight is 573 g/mol. The number of anilines is 1. The molecule has 0 saturated heterocycles. The van der Waals surface area contributed by atoms with Crippen LogP contribution in [0.1, 0.15) is 53.5 Å². The van der Waals surface area contributed by atoms with E-state index in [-0.39, 0.29) is 23.5 Å². The van der Waals surface area contributed by atoms with Crippen molar-refractivity contribution in [1.29, 1.82) is 0 Å². The number of hydrogen-bond acceptors (Lipinski definition) is 10. The summed E-state index contributed by atoms with van der Waals surface area (Å²) in [6.07, 6.45) is -1.75. The molecule has 0 spiro atoms. The zero-order valence-corrected chi connectivity index (χ0v) is 24.1. The molecule has 2 aromatic carbocycles. The molecule has 1 saturated carbocycles. The minimum Gasteiger partial charge on any atom is -0.507 e. The molecule has 0 aliphatic heterocycles. The number of aliphatic hydroxyl groups is 3. The third-order valence-electron chi connectivity index (χ3n) is 8.16. The molecular weight excluding hydrogens is 532 g/mol. The summed E-state index contributed by atoms with van der Waals surface area (Å²) in [5, 5.41) is 51.8. The number of aliphatic hydroxyl groups excluding tert-OH is 1. The number of Topliss-reactive ketones (excluding diaryl/α,β-unsaturated/α-hetero) is 1. The highest BCUT2D eigenvalue weighted by atomic mass is 16.5. The second-order valence-corrected chi connectivity index (χ2v) is 10.8. The van der Waals surface area contributed by atoms with Gasteiger partial charge in [0.05, 0.1) is 18.2 Å². The second-order valence-electron chi connectivity index (χ2n) is 10.8. The number of benzene rings is 2. The van der Waals surface area contributed by atoms with Crippen LogP contribution in [0, 0.1) is 6.92 Å². The fourth-order valence-corrected chi connectivity index (χ4v) is 5.85. The number of amides is 2. The van der Waals surface area contributed by atoms with E-state index in [0.717, 1.165) is 0 Å². The lowest BCUT2D eigenvalue weighted by atomic mass is 9.70. The molecular formula is C29H40N4O8. The van der Waals surface area contributed by atoms with Crippen LogP contribution < -0.4 is 16.4 Å². The van der Waals surface area contributed by atoms with Crippen LogP contribution in [0.3, 0.4) is 0 Å². The average Bonchev–Trinajstić information content (AvgIpc) is 3.04. The number of urea groups is 1. The lowest BCUT2D eigenvalue weighted by molar-refractivity contribution is -0.197. The molecule has 0 bridgehead atoms. The number of nitrogens with two attached hydrogens (primary N) is 1. The molecule has 8 N–H and O–H groups in total. The summed E-state index contributed by atoms with van der Waals surface area (Å²) in [7, 11) is 2.92. The van der Waals surface area contributed by atoms with Gasteiger partial charge < -0.3 is 46.4 Å². The van der Waals surface area contributed by atoms with Crippen molar-refractivity contribution in [3.63, 3.8) is 0 Å². The van der Waals surface area contributed by atoms with Gasteiger partial charge in [0, 0.05) is 25.3 Å². The van der Waals surface area contributed by atoms with Gasteiger partial charge in [0.15, 0.2) is 11.4 Å². The van der Waals surface area contributed by atoms with Gasteiger partial charge in [0.2, 0.25) is 0 Å². The quantitative estimate of drug-likeness (QED) is 0.169. The number of aromatic hydroxyl groups is 1. The molecule has 0 aromatic heterocycles. The van der Waals surface area contributed by atoms with Crippen molar-refractivity contribution >= 4 is 23.5 Å². The topological polar surface area (TPSA) is 195 Å². The Labute approximate surface area is 239 Å². The van der Waals surface area contributed by atoms with Crippen LogP contribution in [0.5, 0.6) is 5.75 Å². The maximum atomic E-state index is 13.1. The standard InChI is InChI=1S/C29H40N4O8/c1-7-28(40)27(39,15-41-25(37)22-16(2)10-8-13-21(22)36)24(31-20-12-9-11-19(14-20)17(3)34)23(30)29(28,18(4)35)32-26(38)33(5)6/h8-14,18,23-24,31,35-36,39-40H,7,15,30H2,1-6H3,(H,32,38)/t18-,23-,24-,27+,28-,29-/m0/s1. The highest BCUT2D eigenvalue weighted by Gasteiger charge is 2.77. The van der Waals surface area contributed by atoms with E-state index in [0.29, 0.717) is 16.8 Å². The van der Waals surface area contributed by atoms with Crippen molar-refractivity contribution in [3.05, 3.63) is 59.2 Å². The smallest absolute Gasteiger partial charge is 0.342 e. The minimum atomic E-state index is -2.42. The minimum absolute atomic E-state index is 0.125. The van der Waals surface area contributed by atoms with Gasteiger partial charge in [0.1, 0.15) is 29.1 Å². The van der Waals surface area contributed by atoms with Gasteiger partial charge in [-0.15, -0.1) is 0 Å². The first-order valence-corrected chi connectivity index (χ1v) is 13.3. The predicted octanol–water partition coefficient (Wildman–Crippen LogP) is 1.14. The van der Waals surface area contributed by atoms with Crippen molar-refractivity contribution in [2.45, 2.75) is 69.0 Å². The normalized spacial score (nSPS) is 28.0. The Morgan fingerprint density at radius 2 is 1.78 bits per heavy atom. The SMILES string of the molecule is CC[C@@]1(O)[C@](NC(=O)N(C)C)([C@H](C)O)[C@@H](N)[C@H](Nc2cccc(C(C)=O)c2)[C@]1(O)COC(=O)c1c(C)cccc1O. The largest absolute Gasteiger partial charge is 0.507 e. The van der Waals surface area contributed by atoms with Crippen LogP contribution >= 0.6 is 0 Å². The first-order valence-electron chi connectivity index (χ1n) is 13.3. The van der Waals surface area contributed by atoms with E-state index in [9.17, 15) is 34.8 Å². The number of carbonyl (C=O) groups excluding carboxylic acids is 3. The van der Waals surface area contributed by atoms with Crippen LogP contribution in [0.15, 0.2) is 42.5 Å². The molecule has 12 nitrogen and oxygen atoms in total. The third kappa shape index (κ3) is 5.23. The lowest BCUT2D eigenvalue weighted by Gasteiger charge is -2.50. The Hall–Kier alpha value is -3.71. The first-order chi connectivity index (χ1) is 19.1.